The minimum absolute atomic E-state index is 0.278. The Morgan fingerprint density at radius 3 is 2.43 bits per heavy atom. The second kappa shape index (κ2) is 6.91. The van der Waals surface area contributed by atoms with Crippen LogP contribution in [0.2, 0.25) is 0 Å². The predicted molar refractivity (Wildman–Crippen MR) is 90.6 cm³/mol. The molecule has 1 N–H and O–H groups in total. The van der Waals surface area contributed by atoms with Gasteiger partial charge >= 0.3 is 0 Å². The summed E-state index contributed by atoms with van der Waals surface area (Å²) in [4.78, 5) is 5.10. The molecule has 1 saturated heterocycles. The lowest BCUT2D eigenvalue weighted by molar-refractivity contribution is 0.0305. The van der Waals surface area contributed by atoms with Gasteiger partial charge in [0.05, 0.1) is 0 Å². The summed E-state index contributed by atoms with van der Waals surface area (Å²) < 4.78 is 0. The molecular formula is C18H31N3. The maximum absolute atomic E-state index is 3.50. The molecule has 3 heteroatoms. The van der Waals surface area contributed by atoms with Crippen LogP contribution in [0.5, 0.6) is 0 Å². The average Bonchev–Trinajstić information content (AvgIpc) is 2.44. The smallest absolute Gasteiger partial charge is 0.0355 e. The molecule has 1 aromatic carbocycles. The van der Waals surface area contributed by atoms with Gasteiger partial charge in [0, 0.05) is 37.8 Å². The summed E-state index contributed by atoms with van der Waals surface area (Å²) in [5.74, 6) is 0.594. The summed E-state index contributed by atoms with van der Waals surface area (Å²) in [7, 11) is 4.31. The fourth-order valence-electron chi connectivity index (χ4n) is 3.45. The monoisotopic (exact) mass is 289 g/mol. The minimum Gasteiger partial charge on any atom is -0.313 e. The molecule has 1 heterocycles. The van der Waals surface area contributed by atoms with Gasteiger partial charge in [-0.2, -0.15) is 0 Å². The van der Waals surface area contributed by atoms with E-state index >= 15 is 0 Å². The van der Waals surface area contributed by atoms with Crippen molar-refractivity contribution in [2.45, 2.75) is 32.4 Å². The first-order chi connectivity index (χ1) is 9.94. The van der Waals surface area contributed by atoms with Crippen LogP contribution in [-0.2, 0) is 0 Å². The van der Waals surface area contributed by atoms with Crippen LogP contribution in [-0.4, -0.2) is 55.6 Å². The fraction of sp³-hybridized carbons (Fsp3) is 0.667. The van der Waals surface area contributed by atoms with Crippen LogP contribution >= 0.6 is 0 Å². The molecule has 0 amide bonds. The van der Waals surface area contributed by atoms with Gasteiger partial charge in [-0.25, -0.2) is 0 Å². The van der Waals surface area contributed by atoms with Crippen molar-refractivity contribution >= 4 is 0 Å². The van der Waals surface area contributed by atoms with Crippen molar-refractivity contribution in [3.63, 3.8) is 0 Å². The molecule has 0 bridgehead atoms. The Morgan fingerprint density at radius 2 is 1.86 bits per heavy atom. The fourth-order valence-corrected chi connectivity index (χ4v) is 3.45. The zero-order valence-corrected chi connectivity index (χ0v) is 14.3. The van der Waals surface area contributed by atoms with E-state index in [0.717, 1.165) is 19.6 Å². The maximum atomic E-state index is 3.50. The number of benzene rings is 1. The quantitative estimate of drug-likeness (QED) is 0.899. The summed E-state index contributed by atoms with van der Waals surface area (Å²) in [6.07, 6.45) is 0. The van der Waals surface area contributed by atoms with Gasteiger partial charge in [0.25, 0.3) is 0 Å². The molecule has 0 spiro atoms. The van der Waals surface area contributed by atoms with Crippen molar-refractivity contribution < 1.29 is 0 Å². The molecule has 1 aliphatic rings. The highest BCUT2D eigenvalue weighted by Crippen LogP contribution is 2.25. The molecule has 2 rings (SSSR count). The van der Waals surface area contributed by atoms with E-state index in [1.807, 2.05) is 0 Å². The van der Waals surface area contributed by atoms with Gasteiger partial charge in [-0.1, -0.05) is 37.3 Å². The summed E-state index contributed by atoms with van der Waals surface area (Å²) in [5, 5.41) is 3.50. The summed E-state index contributed by atoms with van der Waals surface area (Å²) in [6.45, 7) is 11.7. The Kier molecular flexibility index (Phi) is 5.42. The van der Waals surface area contributed by atoms with Gasteiger partial charge in [0.15, 0.2) is 0 Å². The second-order valence-corrected chi connectivity index (χ2v) is 7.12. The summed E-state index contributed by atoms with van der Waals surface area (Å²) in [6, 6.07) is 11.2. The first-order valence-corrected chi connectivity index (χ1v) is 8.10. The number of hydrogen-bond acceptors (Lipinski definition) is 3. The molecule has 0 aliphatic carbocycles. The van der Waals surface area contributed by atoms with Crippen LogP contribution in [0.4, 0.5) is 0 Å². The minimum atomic E-state index is 0.278. The highest BCUT2D eigenvalue weighted by molar-refractivity contribution is 5.19. The molecule has 1 aliphatic heterocycles. The van der Waals surface area contributed by atoms with Gasteiger partial charge in [-0.3, -0.25) is 9.80 Å². The van der Waals surface area contributed by atoms with Crippen molar-refractivity contribution in [2.24, 2.45) is 5.92 Å². The van der Waals surface area contributed by atoms with Crippen LogP contribution in [0, 0.1) is 5.92 Å². The lowest BCUT2D eigenvalue weighted by Crippen LogP contribution is -2.58. The second-order valence-electron chi connectivity index (χ2n) is 7.12. The normalized spacial score (nSPS) is 22.9. The molecule has 0 radical (unpaired) electrons. The van der Waals surface area contributed by atoms with Crippen molar-refractivity contribution in [2.75, 3.05) is 40.3 Å². The lowest BCUT2D eigenvalue weighted by atomic mass is 9.92. The molecule has 0 aromatic heterocycles. The number of hydrogen-bond donors (Lipinski definition) is 1. The SMILES string of the molecule is CNC(c1ccccc1)C(C)CN1CCN(C)C(C)(C)C1. The number of rotatable bonds is 5. The maximum Gasteiger partial charge on any atom is 0.0355 e. The Labute approximate surface area is 130 Å². The standard InChI is InChI=1S/C18H31N3/c1-15(17(19-4)16-9-7-6-8-10-16)13-21-12-11-20(5)18(2,3)14-21/h6-10,15,17,19H,11-14H2,1-5H3. The first-order valence-electron chi connectivity index (χ1n) is 8.10. The predicted octanol–water partition coefficient (Wildman–Crippen LogP) is 2.61. The van der Waals surface area contributed by atoms with E-state index in [9.17, 15) is 0 Å². The largest absolute Gasteiger partial charge is 0.313 e. The highest BCUT2D eigenvalue weighted by Gasteiger charge is 2.32. The topological polar surface area (TPSA) is 18.5 Å². The van der Waals surface area contributed by atoms with Gasteiger partial charge in [-0.05, 0) is 39.4 Å². The van der Waals surface area contributed by atoms with Gasteiger partial charge in [-0.15, -0.1) is 0 Å². The Morgan fingerprint density at radius 1 is 1.19 bits per heavy atom. The third-order valence-corrected chi connectivity index (χ3v) is 4.98. The third-order valence-electron chi connectivity index (χ3n) is 4.98. The molecule has 1 fully saturated rings. The van der Waals surface area contributed by atoms with E-state index in [4.69, 9.17) is 0 Å². The lowest BCUT2D eigenvalue weighted by Gasteiger charge is -2.46. The number of piperazine rings is 1. The molecule has 0 saturated carbocycles. The van der Waals surface area contributed by atoms with E-state index < -0.39 is 0 Å². The zero-order chi connectivity index (χ0) is 15.5. The van der Waals surface area contributed by atoms with E-state index in [2.05, 4.69) is 80.3 Å². The number of nitrogens with one attached hydrogen (secondary N) is 1. The van der Waals surface area contributed by atoms with Crippen molar-refractivity contribution in [3.8, 4) is 0 Å². The summed E-state index contributed by atoms with van der Waals surface area (Å²) >= 11 is 0. The van der Waals surface area contributed by atoms with Crippen LogP contribution < -0.4 is 5.32 Å². The highest BCUT2D eigenvalue weighted by atomic mass is 15.3. The molecule has 2 atom stereocenters. The van der Waals surface area contributed by atoms with Crippen molar-refractivity contribution in [3.05, 3.63) is 35.9 Å². The summed E-state index contributed by atoms with van der Waals surface area (Å²) in [5.41, 5.74) is 1.67. The van der Waals surface area contributed by atoms with Crippen molar-refractivity contribution in [1.82, 2.24) is 15.1 Å². The number of nitrogens with zero attached hydrogens (tertiary/aromatic N) is 2. The molecule has 1 aromatic rings. The third kappa shape index (κ3) is 4.06. The Balaban J connectivity index is 1.98. The molecule has 3 nitrogen and oxygen atoms in total. The van der Waals surface area contributed by atoms with Crippen LogP contribution in [0.15, 0.2) is 30.3 Å². The number of likely N-dealkylation sites (N-methyl/N-ethyl adjacent to an activating group) is 1. The van der Waals surface area contributed by atoms with E-state index in [-0.39, 0.29) is 5.54 Å². The molecule has 118 valence electrons. The average molecular weight is 289 g/mol. The molecule has 2 unspecified atom stereocenters. The van der Waals surface area contributed by atoms with E-state index in [0.29, 0.717) is 12.0 Å². The van der Waals surface area contributed by atoms with Crippen LogP contribution in [0.25, 0.3) is 0 Å². The van der Waals surface area contributed by atoms with Crippen molar-refractivity contribution in [1.29, 1.82) is 0 Å². The molecule has 21 heavy (non-hydrogen) atoms. The van der Waals surface area contributed by atoms with Gasteiger partial charge < -0.3 is 5.32 Å². The van der Waals surface area contributed by atoms with Gasteiger partial charge in [0.1, 0.15) is 0 Å². The Hall–Kier alpha value is -0.900. The first kappa shape index (κ1) is 16.5. The Bertz CT molecular complexity index is 429. The molecular weight excluding hydrogens is 258 g/mol. The van der Waals surface area contributed by atoms with Crippen LogP contribution in [0.3, 0.4) is 0 Å². The van der Waals surface area contributed by atoms with E-state index in [1.54, 1.807) is 0 Å². The van der Waals surface area contributed by atoms with Gasteiger partial charge in [0.2, 0.25) is 0 Å². The van der Waals surface area contributed by atoms with Crippen LogP contribution in [0.1, 0.15) is 32.4 Å². The zero-order valence-electron chi connectivity index (χ0n) is 14.3. The van der Waals surface area contributed by atoms with E-state index in [1.165, 1.54) is 12.1 Å².